The maximum Gasteiger partial charge on any atom is 0.488 e. The van der Waals surface area contributed by atoms with Crippen molar-refractivity contribution in [3.05, 3.63) is 213 Å². The number of hydrogen-bond donors (Lipinski definition) is 5. The largest absolute Gasteiger partial charge is 0.496 e. The van der Waals surface area contributed by atoms with Crippen molar-refractivity contribution in [3.8, 4) is 16.9 Å². The molecule has 0 fully saturated rings. The molecule has 1 aliphatic carbocycles. The van der Waals surface area contributed by atoms with Gasteiger partial charge in [-0.25, -0.2) is 4.58 Å². The summed E-state index contributed by atoms with van der Waals surface area (Å²) in [5.74, 6) is 0.125. The van der Waals surface area contributed by atoms with E-state index < -0.39 is 45.8 Å². The van der Waals surface area contributed by atoms with E-state index in [0.29, 0.717) is 36.0 Å². The third-order valence-electron chi connectivity index (χ3n) is 18.3. The molecule has 21 heteroatoms. The molecule has 7 aromatic carbocycles. The first-order valence-corrected chi connectivity index (χ1v) is 34.6. The van der Waals surface area contributed by atoms with Gasteiger partial charge >= 0.3 is 26.6 Å². The number of allylic oxidation sites excluding steroid dienone is 6. The van der Waals surface area contributed by atoms with Crippen LogP contribution < -0.4 is 31.1 Å². The minimum Gasteiger partial charge on any atom is -0.496 e. The number of ether oxygens (including phenoxy) is 1. The molecular formula is C74H82B2F6N5O7Si+. The van der Waals surface area contributed by atoms with Gasteiger partial charge in [0.15, 0.2) is 11.5 Å². The number of anilines is 1. The average Bonchev–Trinajstić information content (AvgIpc) is 0.721. The van der Waals surface area contributed by atoms with E-state index in [0.717, 1.165) is 114 Å². The number of hydrogen-bond acceptors (Lipinski definition) is 10. The Kier molecular flexibility index (Phi) is 21.8. The Hall–Kier alpha value is -8.14. The number of benzene rings is 7. The van der Waals surface area contributed by atoms with Crippen LogP contribution in [0.25, 0.3) is 38.2 Å². The maximum atomic E-state index is 14.6. The zero-order valence-electron chi connectivity index (χ0n) is 55.5. The summed E-state index contributed by atoms with van der Waals surface area (Å²) >= 11 is 0. The molecule has 496 valence electrons. The van der Waals surface area contributed by atoms with Crippen LogP contribution >= 0.6 is 0 Å². The Bertz CT molecular complexity index is 4300. The second-order valence-electron chi connectivity index (χ2n) is 25.9. The highest BCUT2D eigenvalue weighted by molar-refractivity contribution is 6.98. The zero-order chi connectivity index (χ0) is 69.2. The number of rotatable bonds is 25. The second kappa shape index (κ2) is 29.1. The van der Waals surface area contributed by atoms with Crippen LogP contribution in [0.4, 0.5) is 32.0 Å². The molecule has 1 amide bonds. The van der Waals surface area contributed by atoms with Crippen molar-refractivity contribution in [2.75, 3.05) is 59.8 Å². The molecule has 2 aliphatic rings. The van der Waals surface area contributed by atoms with Gasteiger partial charge in [-0.1, -0.05) is 93.0 Å². The summed E-state index contributed by atoms with van der Waals surface area (Å²) < 4.78 is 95.7. The Labute approximate surface area is 553 Å². The summed E-state index contributed by atoms with van der Waals surface area (Å²) in [4.78, 5) is 31.6. The molecule has 0 bridgehead atoms. The number of methoxy groups -OCH3 is 1. The first-order valence-electron chi connectivity index (χ1n) is 31.6. The molecule has 0 aromatic heterocycles. The van der Waals surface area contributed by atoms with Gasteiger partial charge in [0.05, 0.1) is 18.2 Å². The van der Waals surface area contributed by atoms with Crippen LogP contribution in [-0.2, 0) is 48.1 Å². The van der Waals surface area contributed by atoms with Crippen molar-refractivity contribution in [3.63, 3.8) is 0 Å². The molecular weight excluding hydrogens is 1230 g/mol. The number of Topliss-reactive ketones (excluding diaryl/α,β-unsaturated/α-hetero) is 1. The lowest BCUT2D eigenvalue weighted by Crippen LogP contribution is -2.49. The van der Waals surface area contributed by atoms with Crippen molar-refractivity contribution >= 4 is 88.6 Å². The summed E-state index contributed by atoms with van der Waals surface area (Å²) in [6.07, 6.45) is -1.52. The van der Waals surface area contributed by atoms with E-state index >= 15 is 0 Å². The Morgan fingerprint density at radius 2 is 1.22 bits per heavy atom. The minimum atomic E-state index is -4.77. The van der Waals surface area contributed by atoms with Crippen molar-refractivity contribution < 1.29 is 65.3 Å². The monoisotopic (exact) mass is 1320 g/mol. The van der Waals surface area contributed by atoms with Crippen LogP contribution in [-0.4, -0.2) is 129 Å². The van der Waals surface area contributed by atoms with E-state index in [4.69, 9.17) is 4.74 Å². The van der Waals surface area contributed by atoms with E-state index in [9.17, 15) is 56.0 Å². The van der Waals surface area contributed by atoms with Crippen LogP contribution in [0.1, 0.15) is 89.6 Å². The number of carbonyl (C=O) groups is 2. The van der Waals surface area contributed by atoms with Crippen LogP contribution in [0.2, 0.25) is 13.1 Å². The van der Waals surface area contributed by atoms with E-state index in [2.05, 4.69) is 96.5 Å². The fourth-order valence-corrected chi connectivity index (χ4v) is 16.1. The minimum absolute atomic E-state index is 0.0169. The molecule has 9 rings (SSSR count). The average molecular weight is 1320 g/mol. The Balaban J connectivity index is 1.31. The Morgan fingerprint density at radius 1 is 0.653 bits per heavy atom. The van der Waals surface area contributed by atoms with Gasteiger partial charge in [0.2, 0.25) is 5.91 Å². The molecule has 95 heavy (non-hydrogen) atoms. The third-order valence-corrected chi connectivity index (χ3v) is 21.9. The number of carbonyl (C=O) groups excluding carboxylic acids is 2. The van der Waals surface area contributed by atoms with Crippen molar-refractivity contribution in [1.29, 1.82) is 0 Å². The molecule has 0 atom stereocenters. The van der Waals surface area contributed by atoms with E-state index in [1.807, 2.05) is 80.5 Å². The topological polar surface area (TPSA) is 149 Å². The first kappa shape index (κ1) is 71.2. The number of nitrogens with zero attached hydrogens (tertiary/aromatic N) is 4. The molecule has 0 saturated heterocycles. The quantitative estimate of drug-likeness (QED) is 0.00935. The standard InChI is InChI=1S/C74H81B2F6N5O7Si/c1-45(2)67(88)20-15-16-32-86(41-50-34-52(73(77,78)79)22-29-65(50)75(90)91)44-64-57-19-14-13-18-56(57)63(43-87(33-17-31-83-72(89)46(3)4)42-51-35-53(74(80,81)82)23-30-66(51)76(92)93)58-26-21-48(36-62(58)64)49-37-61(47(5)68(38-49)94-10)71-59-27-24-54(84(6)7)39-69(59)95(11,12)70-40-55(85(8)9)25-28-60(70)71/h13-14,18-19,21-30,34-40,90-93H,1,3,15-17,20,31-33,41-44H2,2,4-12H3/p+1. The maximum absolute atomic E-state index is 14.6. The van der Waals surface area contributed by atoms with Gasteiger partial charge in [-0.3, -0.25) is 19.4 Å². The summed E-state index contributed by atoms with van der Waals surface area (Å²) in [5.41, 5.74) is 8.87. The number of fused-ring (bicyclic) bond motifs is 4. The highest BCUT2D eigenvalue weighted by atomic mass is 28.3. The summed E-state index contributed by atoms with van der Waals surface area (Å²) in [6, 6.07) is 30.2. The lowest BCUT2D eigenvalue weighted by molar-refractivity contribution is -0.462. The van der Waals surface area contributed by atoms with Gasteiger partial charge in [-0.2, -0.15) is 26.3 Å². The smallest absolute Gasteiger partial charge is 0.488 e. The lowest BCUT2D eigenvalue weighted by atomic mass is 9.76. The lowest BCUT2D eigenvalue weighted by Gasteiger charge is -2.38. The zero-order valence-corrected chi connectivity index (χ0v) is 56.5. The summed E-state index contributed by atoms with van der Waals surface area (Å²) in [5, 5.41) is 50.9. The van der Waals surface area contributed by atoms with Crippen molar-refractivity contribution in [1.82, 2.24) is 15.1 Å². The van der Waals surface area contributed by atoms with E-state index in [1.165, 1.54) is 10.4 Å². The number of halogens is 6. The number of ketones is 1. The first-order chi connectivity index (χ1) is 44.8. The van der Waals surface area contributed by atoms with Gasteiger partial charge in [0.1, 0.15) is 27.9 Å². The van der Waals surface area contributed by atoms with Crippen molar-refractivity contribution in [2.45, 2.75) is 98.1 Å². The fraction of sp³-hybridized carbons (Fsp3) is 0.311. The van der Waals surface area contributed by atoms with Gasteiger partial charge in [-0.15, -0.1) is 0 Å². The summed E-state index contributed by atoms with van der Waals surface area (Å²) in [7, 11) is 3.17. The Morgan fingerprint density at radius 3 is 1.75 bits per heavy atom. The predicted molar refractivity (Wildman–Crippen MR) is 373 cm³/mol. The molecule has 12 nitrogen and oxygen atoms in total. The number of nitrogens with one attached hydrogen (secondary N) is 1. The second-order valence-corrected chi connectivity index (χ2v) is 30.2. The highest BCUT2D eigenvalue weighted by Gasteiger charge is 2.42. The number of unbranched alkanes of at least 4 members (excludes halogenated alkanes) is 1. The van der Waals surface area contributed by atoms with Crippen LogP contribution in [0, 0.1) is 6.92 Å². The van der Waals surface area contributed by atoms with Gasteiger partial charge in [0.25, 0.3) is 0 Å². The highest BCUT2D eigenvalue weighted by Crippen LogP contribution is 2.46. The predicted octanol–water partition coefficient (Wildman–Crippen LogP) is 11.3. The van der Waals surface area contributed by atoms with Gasteiger partial charge in [-0.05, 0) is 205 Å². The van der Waals surface area contributed by atoms with Crippen LogP contribution in [0.5, 0.6) is 5.75 Å². The van der Waals surface area contributed by atoms with E-state index in [-0.39, 0.29) is 91.6 Å². The molecule has 1 heterocycles. The SMILES string of the molecule is C=C(C)C(=O)CCCCN(Cc1cc(C(F)(F)F)ccc1B(O)O)Cc1c2ccccc2c(CN(CCCNC(=O)C(=C)C)Cc2cc(C(F)(F)F)ccc2B(O)O)c2ccc(-c3cc(OC)c(C)c(C4=C5C=CC(=[N+](C)C)C=C5[Si](C)(C)c5cc(N(C)C)ccc54)c3)cc12. The molecule has 5 N–H and O–H groups in total. The summed E-state index contributed by atoms with van der Waals surface area (Å²) in [6.45, 7) is 18.0. The molecule has 0 radical (unpaired) electrons. The van der Waals surface area contributed by atoms with Crippen LogP contribution in [0.3, 0.4) is 0 Å². The van der Waals surface area contributed by atoms with Crippen LogP contribution in [0.15, 0.2) is 162 Å². The molecule has 7 aromatic rings. The normalized spacial score (nSPS) is 13.7. The number of amides is 1. The molecule has 0 unspecified atom stereocenters. The number of alkyl halides is 6. The van der Waals surface area contributed by atoms with Gasteiger partial charge in [0, 0.05) is 83.2 Å². The molecule has 1 aliphatic heterocycles. The van der Waals surface area contributed by atoms with Gasteiger partial charge < -0.3 is 35.0 Å². The van der Waals surface area contributed by atoms with E-state index in [1.54, 1.807) is 21.0 Å². The third kappa shape index (κ3) is 15.7. The van der Waals surface area contributed by atoms with Crippen molar-refractivity contribution in [2.24, 2.45) is 0 Å². The molecule has 0 spiro atoms. The molecule has 0 saturated carbocycles. The fourth-order valence-electron chi connectivity index (χ4n) is 13.1.